The number of pyridine rings is 2. The Morgan fingerprint density at radius 3 is 2.39 bits per heavy atom. The average molecular weight is 514 g/mol. The molecule has 0 amide bonds. The first-order valence-corrected chi connectivity index (χ1v) is 13.1. The second kappa shape index (κ2) is 10.6. The van der Waals surface area contributed by atoms with Gasteiger partial charge in [0.05, 0.1) is 0 Å². The highest BCUT2D eigenvalue weighted by Crippen LogP contribution is 2.30. The fourth-order valence-corrected chi connectivity index (χ4v) is 5.17. The monoisotopic (exact) mass is 513 g/mol. The number of hydrogen-bond acceptors (Lipinski definition) is 8. The minimum Gasteiger partial charge on any atom is -0.479 e. The molecule has 1 atom stereocenters. The molecule has 3 N–H and O–H groups in total. The number of aromatic nitrogens is 2. The van der Waals surface area contributed by atoms with E-state index in [0.29, 0.717) is 24.6 Å². The Labute approximate surface area is 220 Å². The lowest BCUT2D eigenvalue weighted by atomic mass is 9.87. The number of rotatable bonds is 9. The molecule has 9 nitrogen and oxygen atoms in total. The minimum absolute atomic E-state index is 0.134. The summed E-state index contributed by atoms with van der Waals surface area (Å²) in [6.45, 7) is 3.16. The maximum absolute atomic E-state index is 12.6. The van der Waals surface area contributed by atoms with Crippen LogP contribution in [0, 0.1) is 0 Å². The number of anilines is 4. The molecule has 1 fully saturated rings. The number of hydrogen-bond donors (Lipinski definition) is 3. The number of aliphatic carboxylic acids is 1. The van der Waals surface area contributed by atoms with Gasteiger partial charge >= 0.3 is 5.97 Å². The molecule has 38 heavy (non-hydrogen) atoms. The molecule has 1 aliphatic rings. The Morgan fingerprint density at radius 2 is 1.71 bits per heavy atom. The first kappa shape index (κ1) is 25.4. The van der Waals surface area contributed by atoms with Crippen LogP contribution in [0.4, 0.5) is 22.9 Å². The molecule has 0 unspecified atom stereocenters. The topological polar surface area (TPSA) is 125 Å². The molecule has 9 heteroatoms. The summed E-state index contributed by atoms with van der Waals surface area (Å²) in [7, 11) is 0. The smallest absolute Gasteiger partial charge is 0.329 e. The summed E-state index contributed by atoms with van der Waals surface area (Å²) < 4.78 is 0. The van der Waals surface area contributed by atoms with Gasteiger partial charge in [0.1, 0.15) is 22.7 Å². The number of carboxylic acid groups (broad SMARTS) is 1. The molecule has 0 saturated carbocycles. The van der Waals surface area contributed by atoms with Gasteiger partial charge in [-0.1, -0.05) is 31.9 Å². The molecule has 1 saturated heterocycles. The quantitative estimate of drug-likeness (QED) is 0.282. The second-order valence-electron chi connectivity index (χ2n) is 9.90. The van der Waals surface area contributed by atoms with E-state index in [2.05, 4.69) is 20.6 Å². The number of carboxylic acids is 1. The molecule has 0 spiro atoms. The van der Waals surface area contributed by atoms with Crippen molar-refractivity contribution in [1.82, 2.24) is 9.97 Å². The van der Waals surface area contributed by atoms with E-state index in [-0.39, 0.29) is 18.5 Å². The van der Waals surface area contributed by atoms with E-state index in [0.717, 1.165) is 47.7 Å². The van der Waals surface area contributed by atoms with Gasteiger partial charge in [0.15, 0.2) is 0 Å². The maximum Gasteiger partial charge on any atom is 0.329 e. The van der Waals surface area contributed by atoms with Gasteiger partial charge in [0.25, 0.3) is 10.9 Å². The van der Waals surface area contributed by atoms with E-state index >= 15 is 0 Å². The van der Waals surface area contributed by atoms with E-state index < -0.39 is 22.4 Å². The maximum atomic E-state index is 12.6. The summed E-state index contributed by atoms with van der Waals surface area (Å²) >= 11 is 0. The zero-order chi connectivity index (χ0) is 26.7. The van der Waals surface area contributed by atoms with Gasteiger partial charge in [-0.2, -0.15) is 0 Å². The van der Waals surface area contributed by atoms with Crippen molar-refractivity contribution < 1.29 is 9.90 Å². The SMILES string of the molecule is CC[C@@](Cc1ccc(Nc2nccc3ccncc23)cc1)(Nc1c(N2CCCCCC2)c(=O)c1=O)C(=O)O. The Bertz CT molecular complexity index is 1510. The summed E-state index contributed by atoms with van der Waals surface area (Å²) in [4.78, 5) is 48.2. The molecule has 0 aliphatic carbocycles. The zero-order valence-electron chi connectivity index (χ0n) is 21.4. The summed E-state index contributed by atoms with van der Waals surface area (Å²) in [6.07, 6.45) is 9.66. The Kier molecular flexibility index (Phi) is 7.09. The normalized spacial score (nSPS) is 15.7. The number of nitrogens with zero attached hydrogens (tertiary/aromatic N) is 3. The third-order valence-electron chi connectivity index (χ3n) is 7.47. The summed E-state index contributed by atoms with van der Waals surface area (Å²) in [5.74, 6) is -0.385. The largest absolute Gasteiger partial charge is 0.479 e. The fraction of sp³-hybridized carbons (Fsp3) is 0.345. The van der Waals surface area contributed by atoms with Crippen molar-refractivity contribution in [2.24, 2.45) is 0 Å². The van der Waals surface area contributed by atoms with E-state index in [4.69, 9.17) is 0 Å². The molecule has 2 aromatic heterocycles. The Morgan fingerprint density at radius 1 is 1.00 bits per heavy atom. The predicted molar refractivity (Wildman–Crippen MR) is 149 cm³/mol. The molecule has 4 aromatic rings. The molecule has 2 aromatic carbocycles. The van der Waals surface area contributed by atoms with Gasteiger partial charge in [-0.05, 0) is 54.5 Å². The first-order chi connectivity index (χ1) is 18.4. The number of benzene rings is 1. The van der Waals surface area contributed by atoms with Crippen LogP contribution in [0.2, 0.25) is 0 Å². The van der Waals surface area contributed by atoms with E-state index in [1.165, 1.54) is 0 Å². The fourth-order valence-electron chi connectivity index (χ4n) is 5.17. The van der Waals surface area contributed by atoms with E-state index in [9.17, 15) is 19.5 Å². The molecule has 5 rings (SSSR count). The summed E-state index contributed by atoms with van der Waals surface area (Å²) in [5, 5.41) is 18.5. The van der Waals surface area contributed by atoms with Crippen LogP contribution in [-0.2, 0) is 11.2 Å². The van der Waals surface area contributed by atoms with Gasteiger partial charge in [0, 0.05) is 49.2 Å². The molecular formula is C29H31N5O4. The van der Waals surface area contributed by atoms with Crippen LogP contribution >= 0.6 is 0 Å². The van der Waals surface area contributed by atoms with Crippen LogP contribution in [-0.4, -0.2) is 39.7 Å². The van der Waals surface area contributed by atoms with Crippen LogP contribution < -0.4 is 26.4 Å². The highest BCUT2D eigenvalue weighted by Gasteiger charge is 2.40. The molecule has 0 radical (unpaired) electrons. The van der Waals surface area contributed by atoms with Crippen LogP contribution in [0.15, 0.2) is 64.6 Å². The molecule has 0 bridgehead atoms. The van der Waals surface area contributed by atoms with Crippen molar-refractivity contribution in [2.45, 2.75) is 51.0 Å². The number of carbonyl (C=O) groups is 1. The van der Waals surface area contributed by atoms with Gasteiger partial charge in [-0.25, -0.2) is 9.78 Å². The Balaban J connectivity index is 1.37. The first-order valence-electron chi connectivity index (χ1n) is 13.1. The Hall–Kier alpha value is -4.27. The lowest BCUT2D eigenvalue weighted by Gasteiger charge is -2.34. The standard InChI is InChI=1S/C29H31N5O4/c1-2-29(28(37)38,33-23-24(26(36)25(23)35)34-15-5-3-4-6-16-34)17-19-7-9-21(10-8-19)32-27-22-18-30-13-11-20(22)12-14-31-27/h7-14,18,33H,2-6,15-17H2,1H3,(H,31,32)(H,37,38)/t29-/m0/s1. The highest BCUT2D eigenvalue weighted by molar-refractivity contribution is 5.92. The van der Waals surface area contributed by atoms with Crippen molar-refractivity contribution in [2.75, 3.05) is 28.6 Å². The van der Waals surface area contributed by atoms with E-state index in [1.807, 2.05) is 41.3 Å². The zero-order valence-corrected chi connectivity index (χ0v) is 21.4. The average Bonchev–Trinajstić information content (AvgIpc) is 3.22. The molecule has 196 valence electrons. The van der Waals surface area contributed by atoms with Gasteiger partial charge in [-0.3, -0.25) is 14.6 Å². The van der Waals surface area contributed by atoms with Crippen molar-refractivity contribution in [3.8, 4) is 0 Å². The van der Waals surface area contributed by atoms with E-state index in [1.54, 1.807) is 25.5 Å². The lowest BCUT2D eigenvalue weighted by Crippen LogP contribution is -2.53. The molecule has 1 aliphatic heterocycles. The predicted octanol–water partition coefficient (Wildman–Crippen LogP) is 4.24. The molecule has 3 heterocycles. The van der Waals surface area contributed by atoms with Crippen molar-refractivity contribution in [3.05, 3.63) is 81.0 Å². The lowest BCUT2D eigenvalue weighted by molar-refractivity contribution is -0.142. The van der Waals surface area contributed by atoms with Crippen LogP contribution in [0.5, 0.6) is 0 Å². The van der Waals surface area contributed by atoms with Crippen LogP contribution in [0.3, 0.4) is 0 Å². The second-order valence-corrected chi connectivity index (χ2v) is 9.90. The number of nitrogens with one attached hydrogen (secondary N) is 2. The molecular weight excluding hydrogens is 482 g/mol. The summed E-state index contributed by atoms with van der Waals surface area (Å²) in [5.41, 5.74) is -0.537. The van der Waals surface area contributed by atoms with Gasteiger partial charge < -0.3 is 20.6 Å². The third kappa shape index (κ3) is 4.83. The van der Waals surface area contributed by atoms with Crippen LogP contribution in [0.1, 0.15) is 44.6 Å². The van der Waals surface area contributed by atoms with Crippen molar-refractivity contribution in [1.29, 1.82) is 0 Å². The highest BCUT2D eigenvalue weighted by atomic mass is 16.4. The van der Waals surface area contributed by atoms with Crippen LogP contribution in [0.25, 0.3) is 10.8 Å². The van der Waals surface area contributed by atoms with Gasteiger partial charge in [-0.15, -0.1) is 0 Å². The summed E-state index contributed by atoms with van der Waals surface area (Å²) in [6, 6.07) is 11.3. The number of fused-ring (bicyclic) bond motifs is 1. The minimum atomic E-state index is -1.43. The third-order valence-corrected chi connectivity index (χ3v) is 7.47. The van der Waals surface area contributed by atoms with Gasteiger partial charge in [0.2, 0.25) is 0 Å². The van der Waals surface area contributed by atoms with Crippen molar-refractivity contribution in [3.63, 3.8) is 0 Å². The van der Waals surface area contributed by atoms with Crippen molar-refractivity contribution >= 4 is 39.6 Å².